The van der Waals surface area contributed by atoms with E-state index in [0.29, 0.717) is 11.1 Å². The lowest BCUT2D eigenvalue weighted by Gasteiger charge is -2.58. The summed E-state index contributed by atoms with van der Waals surface area (Å²) in [4.78, 5) is 54.8. The van der Waals surface area contributed by atoms with Crippen molar-refractivity contribution < 1.29 is 48.7 Å². The van der Waals surface area contributed by atoms with Crippen molar-refractivity contribution >= 4 is 23.7 Å². The molecule has 0 heterocycles. The van der Waals surface area contributed by atoms with Crippen LogP contribution >= 0.6 is 0 Å². The fourth-order valence-electron chi connectivity index (χ4n) is 8.16. The Morgan fingerprint density at radius 3 is 2.11 bits per heavy atom. The number of nitrogens with zero attached hydrogens (tertiary/aromatic N) is 1. The summed E-state index contributed by atoms with van der Waals surface area (Å²) in [7, 11) is 3.46. The largest absolute Gasteiger partial charge is 0.462 e. The zero-order chi connectivity index (χ0) is 34.5. The van der Waals surface area contributed by atoms with Gasteiger partial charge in [-0.05, 0) is 61.4 Å². The predicted octanol–water partition coefficient (Wildman–Crippen LogP) is 2.67. The lowest BCUT2D eigenvalue weighted by molar-refractivity contribution is -0.198. The number of benzene rings is 1. The molecule has 2 bridgehead atoms. The number of ketones is 1. The average molecular weight is 642 g/mol. The zero-order valence-corrected chi connectivity index (χ0v) is 27.9. The number of aliphatic hydroxyl groups is 3. The first-order chi connectivity index (χ1) is 21.3. The van der Waals surface area contributed by atoms with E-state index in [2.05, 4.69) is 6.58 Å². The highest BCUT2D eigenvalue weighted by Gasteiger charge is 2.64. The minimum Gasteiger partial charge on any atom is -0.462 e. The van der Waals surface area contributed by atoms with Crippen LogP contribution in [0.15, 0.2) is 53.6 Å². The Labute approximate surface area is 270 Å². The molecule has 0 aromatic heterocycles. The van der Waals surface area contributed by atoms with Gasteiger partial charge < -0.3 is 29.5 Å². The van der Waals surface area contributed by atoms with Crippen molar-refractivity contribution in [3.05, 3.63) is 59.2 Å². The number of hydrogen-bond acceptors (Lipinski definition) is 11. The first-order valence-electron chi connectivity index (χ1n) is 15.6. The minimum absolute atomic E-state index is 0.121. The van der Waals surface area contributed by atoms with Crippen LogP contribution in [0, 0.1) is 22.7 Å². The minimum atomic E-state index is -1.59. The molecule has 0 spiro atoms. The second kappa shape index (κ2) is 13.0. The molecule has 2 saturated carbocycles. The Bertz CT molecular complexity index is 1420. The maximum atomic E-state index is 14.5. The zero-order valence-electron chi connectivity index (χ0n) is 27.9. The number of ether oxygens (including phenoxy) is 3. The Kier molecular flexibility index (Phi) is 10.0. The van der Waals surface area contributed by atoms with E-state index < -0.39 is 89.0 Å². The normalized spacial score (nSPS) is 33.7. The SMILES string of the molecule is C=C1[C@@H](OC(=O)[C@H](O)[C@@H](c2ccccc2)N(C)C)C[C@H](OC(C)=O)[C@]2(C)[C@@H]1C[C@@H]1[C@@H](O)[C@H](O)C(C)=C(C(=O)[C@H]2OC(C)=O)C1(C)C. The lowest BCUT2D eigenvalue weighted by atomic mass is 9.49. The van der Waals surface area contributed by atoms with Gasteiger partial charge >= 0.3 is 17.9 Å². The molecule has 4 rings (SSSR count). The van der Waals surface area contributed by atoms with Gasteiger partial charge in [0.15, 0.2) is 12.2 Å². The van der Waals surface area contributed by atoms with Crippen molar-refractivity contribution in [3.8, 4) is 0 Å². The molecule has 252 valence electrons. The summed E-state index contributed by atoms with van der Waals surface area (Å²) in [5, 5.41) is 33.7. The summed E-state index contributed by atoms with van der Waals surface area (Å²) < 4.78 is 17.5. The Morgan fingerprint density at radius 2 is 1.57 bits per heavy atom. The Balaban J connectivity index is 1.82. The number of carbonyl (C=O) groups excluding carboxylic acids is 4. The maximum Gasteiger partial charge on any atom is 0.337 e. The Morgan fingerprint density at radius 1 is 0.978 bits per heavy atom. The van der Waals surface area contributed by atoms with Gasteiger partial charge in [0, 0.05) is 25.8 Å². The van der Waals surface area contributed by atoms with Crippen LogP contribution in [0.3, 0.4) is 0 Å². The van der Waals surface area contributed by atoms with E-state index in [1.54, 1.807) is 71.0 Å². The van der Waals surface area contributed by atoms with Crippen molar-refractivity contribution in [3.63, 3.8) is 0 Å². The van der Waals surface area contributed by atoms with E-state index >= 15 is 0 Å². The number of likely N-dealkylation sites (N-methyl/N-ethyl adjacent to an activating group) is 1. The summed E-state index contributed by atoms with van der Waals surface area (Å²) in [6, 6.07) is 8.27. The number of rotatable bonds is 7. The van der Waals surface area contributed by atoms with Crippen LogP contribution in [0.25, 0.3) is 0 Å². The number of fused-ring (bicyclic) bond motifs is 3. The molecule has 10 atom stereocenters. The molecule has 0 radical (unpaired) electrons. The molecular formula is C35H47NO10. The molecule has 0 saturated heterocycles. The number of carbonyl (C=O) groups is 4. The van der Waals surface area contributed by atoms with Gasteiger partial charge in [0.05, 0.1) is 17.6 Å². The fourth-order valence-corrected chi connectivity index (χ4v) is 8.16. The molecule has 3 aliphatic rings. The summed E-state index contributed by atoms with van der Waals surface area (Å²) in [6.45, 7) is 13.5. The highest BCUT2D eigenvalue weighted by molar-refractivity contribution is 6.02. The van der Waals surface area contributed by atoms with Crippen molar-refractivity contribution in [2.45, 2.75) is 97.0 Å². The van der Waals surface area contributed by atoms with Crippen LogP contribution in [0.5, 0.6) is 0 Å². The third-order valence-corrected chi connectivity index (χ3v) is 10.5. The van der Waals surface area contributed by atoms with Gasteiger partial charge in [0.25, 0.3) is 0 Å². The fraction of sp³-hybridized carbons (Fsp3) is 0.600. The number of aliphatic hydroxyl groups excluding tert-OH is 3. The molecule has 11 heteroatoms. The van der Waals surface area contributed by atoms with Crippen LogP contribution in [0.4, 0.5) is 0 Å². The van der Waals surface area contributed by atoms with E-state index in [4.69, 9.17) is 14.2 Å². The number of Topliss-reactive ketones (excluding diaryl/α,β-unsaturated/α-hetero) is 1. The third kappa shape index (κ3) is 6.05. The second-order valence-electron chi connectivity index (χ2n) is 13.9. The van der Waals surface area contributed by atoms with Crippen LogP contribution in [0.2, 0.25) is 0 Å². The maximum absolute atomic E-state index is 14.5. The first-order valence-corrected chi connectivity index (χ1v) is 15.6. The number of esters is 3. The number of hydrogen-bond donors (Lipinski definition) is 3. The van der Waals surface area contributed by atoms with E-state index in [1.165, 1.54) is 13.8 Å². The molecular weight excluding hydrogens is 594 g/mol. The van der Waals surface area contributed by atoms with Crippen molar-refractivity contribution in [1.82, 2.24) is 4.90 Å². The molecule has 1 aromatic rings. The van der Waals surface area contributed by atoms with Gasteiger partial charge in [-0.1, -0.05) is 57.7 Å². The molecule has 0 aliphatic heterocycles. The second-order valence-corrected chi connectivity index (χ2v) is 13.9. The van der Waals surface area contributed by atoms with E-state index in [-0.39, 0.29) is 24.0 Å². The molecule has 0 unspecified atom stereocenters. The lowest BCUT2D eigenvalue weighted by Crippen LogP contribution is -2.64. The molecule has 2 fully saturated rings. The van der Waals surface area contributed by atoms with Gasteiger partial charge in [0.1, 0.15) is 18.3 Å². The molecule has 46 heavy (non-hydrogen) atoms. The van der Waals surface area contributed by atoms with Crippen molar-refractivity contribution in [1.29, 1.82) is 0 Å². The summed E-state index contributed by atoms with van der Waals surface area (Å²) in [6.07, 6.45) is -7.81. The Hall–Kier alpha value is -3.38. The van der Waals surface area contributed by atoms with Crippen molar-refractivity contribution in [2.75, 3.05) is 14.1 Å². The highest BCUT2D eigenvalue weighted by Crippen LogP contribution is 2.59. The van der Waals surface area contributed by atoms with Crippen LogP contribution in [0.1, 0.15) is 66.0 Å². The van der Waals surface area contributed by atoms with E-state index in [9.17, 15) is 34.5 Å². The van der Waals surface area contributed by atoms with Gasteiger partial charge in [-0.15, -0.1) is 0 Å². The summed E-state index contributed by atoms with van der Waals surface area (Å²) >= 11 is 0. The smallest absolute Gasteiger partial charge is 0.337 e. The standard InChI is InChI=1S/C35H47NO10/c1-17-22-15-23-29(40)28(39)18(2)26(34(23,5)6)30(41)32(45-20(4)38)35(22,7)25(44-19(3)37)16-24(17)46-33(43)31(42)27(36(8)9)21-13-11-10-12-14-21/h10-14,22-25,27-29,31-32,39-40,42H,1,15-16H2,2-9H3/t22-,23-,24+,25+,27-,28-,29-,31-,32-,35+/m1/s1. The van der Waals surface area contributed by atoms with Crippen LogP contribution in [-0.4, -0.2) is 94.6 Å². The first kappa shape index (κ1) is 35.5. The van der Waals surface area contributed by atoms with Gasteiger partial charge in [-0.2, -0.15) is 0 Å². The average Bonchev–Trinajstić information content (AvgIpc) is 2.96. The predicted molar refractivity (Wildman–Crippen MR) is 167 cm³/mol. The summed E-state index contributed by atoms with van der Waals surface area (Å²) in [5.41, 5.74) is -0.785. The van der Waals surface area contributed by atoms with Crippen molar-refractivity contribution in [2.24, 2.45) is 22.7 Å². The molecule has 0 amide bonds. The van der Waals surface area contributed by atoms with Crippen LogP contribution in [-0.2, 0) is 33.4 Å². The molecule has 11 nitrogen and oxygen atoms in total. The van der Waals surface area contributed by atoms with Gasteiger partial charge in [0.2, 0.25) is 5.78 Å². The van der Waals surface area contributed by atoms with Crippen LogP contribution < -0.4 is 0 Å². The molecule has 3 N–H and O–H groups in total. The molecule has 3 aliphatic carbocycles. The van der Waals surface area contributed by atoms with E-state index in [1.807, 2.05) is 6.07 Å². The monoisotopic (exact) mass is 641 g/mol. The summed E-state index contributed by atoms with van der Waals surface area (Å²) in [5.74, 6) is -4.37. The van der Waals surface area contributed by atoms with Gasteiger partial charge in [-0.25, -0.2) is 4.79 Å². The highest BCUT2D eigenvalue weighted by atomic mass is 16.6. The quantitative estimate of drug-likeness (QED) is 0.228. The van der Waals surface area contributed by atoms with E-state index in [0.717, 1.165) is 0 Å². The topological polar surface area (TPSA) is 160 Å². The van der Waals surface area contributed by atoms with Gasteiger partial charge in [-0.3, -0.25) is 19.3 Å². The third-order valence-electron chi connectivity index (χ3n) is 10.5. The molecule has 1 aromatic carbocycles.